The molecule has 5 nitrogen and oxygen atoms in total. The molecule has 5 rings (SSSR count). The van der Waals surface area contributed by atoms with E-state index >= 15 is 0 Å². The normalized spacial score (nSPS) is 42.0. The molecule has 0 amide bonds. The molecule has 180 valence electrons. The summed E-state index contributed by atoms with van der Waals surface area (Å²) in [5, 5.41) is 10.8. The molecule has 5 heteroatoms. The van der Waals surface area contributed by atoms with Crippen LogP contribution >= 0.6 is 0 Å². The number of ketones is 1. The van der Waals surface area contributed by atoms with Crippen LogP contribution in [0.1, 0.15) is 78.6 Å². The lowest BCUT2D eigenvalue weighted by Crippen LogP contribution is -2.53. The SMILES string of the molecule is CC1CC[C@@]2(C)[C@@H](CC[C@@H]3[C@@H]2CC[C@]2(C)[C@@H](C(=O)COc4ccc([N+](=O)[O-])cc4)CC[C@@H]32)C1. The lowest BCUT2D eigenvalue weighted by Gasteiger charge is -2.61. The van der Waals surface area contributed by atoms with Gasteiger partial charge in [-0.05, 0) is 104 Å². The van der Waals surface area contributed by atoms with Crippen LogP contribution < -0.4 is 4.74 Å². The monoisotopic (exact) mass is 453 g/mol. The van der Waals surface area contributed by atoms with Crippen molar-refractivity contribution in [1.29, 1.82) is 0 Å². The molecule has 0 spiro atoms. The number of carbonyl (C=O) groups is 1. The topological polar surface area (TPSA) is 69.4 Å². The maximum absolute atomic E-state index is 13.3. The van der Waals surface area contributed by atoms with Crippen LogP contribution in [0.5, 0.6) is 5.75 Å². The van der Waals surface area contributed by atoms with Crippen LogP contribution in [-0.4, -0.2) is 17.3 Å². The highest BCUT2D eigenvalue weighted by Gasteiger charge is 2.60. The van der Waals surface area contributed by atoms with E-state index in [1.54, 1.807) is 12.1 Å². The smallest absolute Gasteiger partial charge is 0.269 e. The van der Waals surface area contributed by atoms with Crippen molar-refractivity contribution in [3.05, 3.63) is 34.4 Å². The van der Waals surface area contributed by atoms with E-state index in [2.05, 4.69) is 20.8 Å². The molecule has 0 N–H and O–H groups in total. The van der Waals surface area contributed by atoms with Crippen molar-refractivity contribution in [2.45, 2.75) is 78.6 Å². The van der Waals surface area contributed by atoms with Gasteiger partial charge in [-0.3, -0.25) is 14.9 Å². The summed E-state index contributed by atoms with van der Waals surface area (Å²) < 4.78 is 5.77. The van der Waals surface area contributed by atoms with Crippen LogP contribution in [-0.2, 0) is 4.79 Å². The van der Waals surface area contributed by atoms with Crippen LogP contribution in [0.15, 0.2) is 24.3 Å². The van der Waals surface area contributed by atoms with Gasteiger partial charge in [0.25, 0.3) is 5.69 Å². The van der Waals surface area contributed by atoms with E-state index in [9.17, 15) is 14.9 Å². The molecule has 0 radical (unpaired) electrons. The van der Waals surface area contributed by atoms with Crippen molar-refractivity contribution in [3.8, 4) is 5.75 Å². The fourth-order valence-electron chi connectivity index (χ4n) is 8.92. The van der Waals surface area contributed by atoms with Gasteiger partial charge in [0.05, 0.1) is 4.92 Å². The molecule has 4 fully saturated rings. The van der Waals surface area contributed by atoms with Gasteiger partial charge in [-0.2, -0.15) is 0 Å². The number of fused-ring (bicyclic) bond motifs is 5. The first kappa shape index (κ1) is 22.9. The van der Waals surface area contributed by atoms with E-state index in [-0.39, 0.29) is 29.4 Å². The highest BCUT2D eigenvalue weighted by atomic mass is 16.6. The Morgan fingerprint density at radius 1 is 1.00 bits per heavy atom. The number of non-ortho nitro benzene ring substituents is 1. The fourth-order valence-corrected chi connectivity index (χ4v) is 8.92. The Morgan fingerprint density at radius 3 is 2.42 bits per heavy atom. The lowest BCUT2D eigenvalue weighted by molar-refractivity contribution is -0.384. The van der Waals surface area contributed by atoms with Crippen LogP contribution in [0.4, 0.5) is 5.69 Å². The highest BCUT2D eigenvalue weighted by Crippen LogP contribution is 2.67. The Morgan fingerprint density at radius 2 is 1.70 bits per heavy atom. The average Bonchev–Trinajstić information content (AvgIpc) is 3.15. The van der Waals surface area contributed by atoms with Crippen molar-refractivity contribution in [1.82, 2.24) is 0 Å². The van der Waals surface area contributed by atoms with Crippen molar-refractivity contribution >= 4 is 11.5 Å². The molecule has 4 saturated carbocycles. The van der Waals surface area contributed by atoms with Crippen molar-refractivity contribution < 1.29 is 14.5 Å². The number of nitrogens with zero attached hydrogens (tertiary/aromatic N) is 1. The minimum atomic E-state index is -0.424. The van der Waals surface area contributed by atoms with Gasteiger partial charge < -0.3 is 4.74 Å². The number of ether oxygens (including phenoxy) is 1. The first-order valence-corrected chi connectivity index (χ1v) is 13.1. The molecule has 33 heavy (non-hydrogen) atoms. The van der Waals surface area contributed by atoms with Gasteiger partial charge in [0.2, 0.25) is 0 Å². The summed E-state index contributed by atoms with van der Waals surface area (Å²) in [4.78, 5) is 23.7. The number of benzene rings is 1. The Labute approximate surface area is 197 Å². The summed E-state index contributed by atoms with van der Waals surface area (Å²) in [5.41, 5.74) is 0.646. The molecular formula is C28H39NO4. The van der Waals surface area contributed by atoms with Crippen LogP contribution in [0, 0.1) is 56.5 Å². The molecular weight excluding hydrogens is 414 g/mol. The fraction of sp³-hybridized carbons (Fsp3) is 0.750. The molecule has 0 bridgehead atoms. The molecule has 1 aromatic carbocycles. The van der Waals surface area contributed by atoms with E-state index < -0.39 is 4.92 Å². The standard InChI is InChI=1S/C28H39NO4/c1-18-12-14-27(2)19(16-18)4-9-22-23-10-11-25(28(23,3)15-13-24(22)27)26(30)17-33-21-7-5-20(6-8-21)29(31)32/h5-8,18-19,22-25H,4,9-17H2,1-3H3/t18?,19-,22-,23-,24-,25+,27-,28-/m0/s1. The third kappa shape index (κ3) is 3.80. The van der Waals surface area contributed by atoms with Gasteiger partial charge in [0.15, 0.2) is 5.78 Å². The van der Waals surface area contributed by atoms with Gasteiger partial charge in [-0.1, -0.05) is 27.2 Å². The molecule has 8 atom stereocenters. The molecule has 0 heterocycles. The first-order chi connectivity index (χ1) is 15.7. The molecule has 0 aliphatic heterocycles. The number of nitro groups is 1. The van der Waals surface area contributed by atoms with E-state index in [0.717, 1.165) is 30.1 Å². The number of carbonyl (C=O) groups excluding carboxylic acids is 1. The summed E-state index contributed by atoms with van der Waals surface area (Å²) in [5.74, 6) is 4.90. The zero-order valence-corrected chi connectivity index (χ0v) is 20.4. The minimum absolute atomic E-state index is 0.0347. The molecule has 4 aliphatic carbocycles. The molecule has 1 aromatic rings. The lowest BCUT2D eigenvalue weighted by atomic mass is 9.44. The van der Waals surface area contributed by atoms with Crippen LogP contribution in [0.2, 0.25) is 0 Å². The zero-order chi connectivity index (χ0) is 23.4. The predicted molar refractivity (Wildman–Crippen MR) is 128 cm³/mol. The van der Waals surface area contributed by atoms with E-state index in [1.807, 2.05) is 0 Å². The predicted octanol–water partition coefficient (Wildman–Crippen LogP) is 6.84. The average molecular weight is 454 g/mol. The maximum Gasteiger partial charge on any atom is 0.269 e. The molecule has 0 saturated heterocycles. The second kappa shape index (κ2) is 8.39. The maximum atomic E-state index is 13.3. The van der Waals surface area contributed by atoms with E-state index in [0.29, 0.717) is 17.1 Å². The van der Waals surface area contributed by atoms with E-state index in [4.69, 9.17) is 4.74 Å². The van der Waals surface area contributed by atoms with Crippen molar-refractivity contribution in [2.24, 2.45) is 46.3 Å². The molecule has 4 aliphatic rings. The summed E-state index contributed by atoms with van der Waals surface area (Å²) in [6.45, 7) is 7.51. The Bertz CT molecular complexity index is 913. The number of hydrogen-bond acceptors (Lipinski definition) is 4. The Hall–Kier alpha value is -1.91. The largest absolute Gasteiger partial charge is 0.486 e. The second-order valence-electron chi connectivity index (χ2n) is 12.2. The minimum Gasteiger partial charge on any atom is -0.486 e. The third-order valence-electron chi connectivity index (χ3n) is 10.7. The number of nitro benzene ring substituents is 1. The third-order valence-corrected chi connectivity index (χ3v) is 10.7. The quantitative estimate of drug-likeness (QED) is 0.361. The van der Waals surface area contributed by atoms with Crippen molar-refractivity contribution in [2.75, 3.05) is 6.61 Å². The van der Waals surface area contributed by atoms with Crippen LogP contribution in [0.3, 0.4) is 0 Å². The summed E-state index contributed by atoms with van der Waals surface area (Å²) in [6.07, 6.45) is 11.6. The number of hydrogen-bond donors (Lipinski definition) is 0. The number of Topliss-reactive ketones (excluding diaryl/α,β-unsaturated/α-hetero) is 1. The van der Waals surface area contributed by atoms with E-state index in [1.165, 1.54) is 63.5 Å². The summed E-state index contributed by atoms with van der Waals surface area (Å²) in [6, 6.07) is 6.02. The van der Waals surface area contributed by atoms with Gasteiger partial charge in [0.1, 0.15) is 12.4 Å². The van der Waals surface area contributed by atoms with Crippen LogP contribution in [0.25, 0.3) is 0 Å². The van der Waals surface area contributed by atoms with Crippen molar-refractivity contribution in [3.63, 3.8) is 0 Å². The highest BCUT2D eigenvalue weighted by molar-refractivity contribution is 5.83. The van der Waals surface area contributed by atoms with Gasteiger partial charge in [-0.15, -0.1) is 0 Å². The first-order valence-electron chi connectivity index (χ1n) is 13.1. The Balaban J connectivity index is 1.26. The second-order valence-corrected chi connectivity index (χ2v) is 12.2. The Kier molecular flexibility index (Phi) is 5.81. The molecule has 0 aromatic heterocycles. The van der Waals surface area contributed by atoms with Gasteiger partial charge in [0, 0.05) is 18.1 Å². The number of rotatable bonds is 5. The molecule has 1 unspecified atom stereocenters. The van der Waals surface area contributed by atoms with Gasteiger partial charge >= 0.3 is 0 Å². The summed E-state index contributed by atoms with van der Waals surface area (Å²) in [7, 11) is 0. The van der Waals surface area contributed by atoms with Gasteiger partial charge in [-0.25, -0.2) is 0 Å². The zero-order valence-electron chi connectivity index (χ0n) is 20.4. The summed E-state index contributed by atoms with van der Waals surface area (Å²) >= 11 is 0.